The molecule has 3 heteroatoms. The molecule has 0 unspecified atom stereocenters. The van der Waals surface area contributed by atoms with E-state index in [1.165, 1.54) is 11.1 Å². The van der Waals surface area contributed by atoms with Crippen molar-refractivity contribution in [1.29, 1.82) is 0 Å². The average molecular weight is 330 g/mol. The highest BCUT2D eigenvalue weighted by Crippen LogP contribution is 2.36. The highest BCUT2D eigenvalue weighted by molar-refractivity contribution is 6.29. The summed E-state index contributed by atoms with van der Waals surface area (Å²) in [7, 11) is 0. The SMILES string of the molecule is C=C(Cl)CNCCC(OCC)(c1ccccc1)c1ccccc1. The molecule has 122 valence electrons. The van der Waals surface area contributed by atoms with E-state index in [9.17, 15) is 0 Å². The van der Waals surface area contributed by atoms with Crippen LogP contribution in [0.4, 0.5) is 0 Å². The fourth-order valence-electron chi connectivity index (χ4n) is 2.84. The second-order valence-corrected chi connectivity index (χ2v) is 5.97. The summed E-state index contributed by atoms with van der Waals surface area (Å²) in [5.74, 6) is 0. The first-order valence-electron chi connectivity index (χ1n) is 7.98. The van der Waals surface area contributed by atoms with Gasteiger partial charge in [0.2, 0.25) is 0 Å². The number of ether oxygens (including phenoxy) is 1. The molecule has 23 heavy (non-hydrogen) atoms. The van der Waals surface area contributed by atoms with E-state index in [4.69, 9.17) is 16.3 Å². The smallest absolute Gasteiger partial charge is 0.119 e. The van der Waals surface area contributed by atoms with Crippen LogP contribution in [0.1, 0.15) is 24.5 Å². The molecule has 0 heterocycles. The molecule has 0 amide bonds. The van der Waals surface area contributed by atoms with E-state index in [0.717, 1.165) is 13.0 Å². The molecule has 0 saturated carbocycles. The van der Waals surface area contributed by atoms with E-state index in [1.807, 2.05) is 19.1 Å². The van der Waals surface area contributed by atoms with E-state index in [0.29, 0.717) is 18.2 Å². The van der Waals surface area contributed by atoms with E-state index < -0.39 is 5.60 Å². The number of nitrogens with one attached hydrogen (secondary N) is 1. The van der Waals surface area contributed by atoms with Crippen LogP contribution in [0, 0.1) is 0 Å². The van der Waals surface area contributed by atoms with Gasteiger partial charge in [0, 0.05) is 18.2 Å². The minimum atomic E-state index is -0.460. The van der Waals surface area contributed by atoms with Gasteiger partial charge in [-0.1, -0.05) is 78.8 Å². The average Bonchev–Trinajstić information content (AvgIpc) is 2.59. The van der Waals surface area contributed by atoms with Gasteiger partial charge in [-0.05, 0) is 31.0 Å². The Hall–Kier alpha value is -1.61. The highest BCUT2D eigenvalue weighted by Gasteiger charge is 2.34. The van der Waals surface area contributed by atoms with Crippen LogP contribution in [0.2, 0.25) is 0 Å². The zero-order valence-corrected chi connectivity index (χ0v) is 14.4. The molecule has 0 atom stereocenters. The lowest BCUT2D eigenvalue weighted by Crippen LogP contribution is -2.35. The molecule has 0 aromatic heterocycles. The van der Waals surface area contributed by atoms with Crippen LogP contribution in [0.3, 0.4) is 0 Å². The summed E-state index contributed by atoms with van der Waals surface area (Å²) in [6.07, 6.45) is 0.818. The van der Waals surface area contributed by atoms with Crippen LogP contribution in [0.25, 0.3) is 0 Å². The second-order valence-electron chi connectivity index (χ2n) is 5.44. The maximum Gasteiger partial charge on any atom is 0.119 e. The summed E-state index contributed by atoms with van der Waals surface area (Å²) >= 11 is 5.83. The van der Waals surface area contributed by atoms with Crippen molar-refractivity contribution in [3.05, 3.63) is 83.4 Å². The number of hydrogen-bond donors (Lipinski definition) is 1. The van der Waals surface area contributed by atoms with Crippen LogP contribution in [0.15, 0.2) is 72.3 Å². The first-order chi connectivity index (χ1) is 11.2. The van der Waals surface area contributed by atoms with Gasteiger partial charge in [-0.3, -0.25) is 0 Å². The predicted molar refractivity (Wildman–Crippen MR) is 97.8 cm³/mol. The van der Waals surface area contributed by atoms with E-state index >= 15 is 0 Å². The summed E-state index contributed by atoms with van der Waals surface area (Å²) in [6.45, 7) is 7.79. The molecular formula is C20H24ClNO. The molecule has 0 aliphatic heterocycles. The number of benzene rings is 2. The quantitative estimate of drug-likeness (QED) is 0.673. The van der Waals surface area contributed by atoms with Gasteiger partial charge < -0.3 is 10.1 Å². The molecular weight excluding hydrogens is 306 g/mol. The van der Waals surface area contributed by atoms with E-state index in [2.05, 4.69) is 60.4 Å². The Labute approximate surface area is 144 Å². The Morgan fingerprint density at radius 2 is 1.57 bits per heavy atom. The standard InChI is InChI=1S/C20H24ClNO/c1-3-23-20(14-15-22-16-17(2)21,18-10-6-4-7-11-18)19-12-8-5-9-13-19/h4-13,22H,2-3,14-16H2,1H3. The minimum absolute atomic E-state index is 0.460. The fraction of sp³-hybridized carbons (Fsp3) is 0.300. The topological polar surface area (TPSA) is 21.3 Å². The monoisotopic (exact) mass is 329 g/mol. The highest BCUT2D eigenvalue weighted by atomic mass is 35.5. The van der Waals surface area contributed by atoms with Crippen molar-refractivity contribution in [1.82, 2.24) is 5.32 Å². The van der Waals surface area contributed by atoms with Gasteiger partial charge >= 0.3 is 0 Å². The van der Waals surface area contributed by atoms with Crippen LogP contribution in [-0.2, 0) is 10.3 Å². The lowest BCUT2D eigenvalue weighted by molar-refractivity contribution is -0.0171. The summed E-state index contributed by atoms with van der Waals surface area (Å²) in [5, 5.41) is 3.94. The Kier molecular flexibility index (Phi) is 6.85. The van der Waals surface area contributed by atoms with Crippen molar-refractivity contribution in [2.24, 2.45) is 0 Å². The van der Waals surface area contributed by atoms with E-state index in [-0.39, 0.29) is 0 Å². The molecule has 0 aliphatic rings. The van der Waals surface area contributed by atoms with Gasteiger partial charge in [0.05, 0.1) is 0 Å². The lowest BCUT2D eigenvalue weighted by Gasteiger charge is -2.35. The van der Waals surface area contributed by atoms with Gasteiger partial charge in [0.1, 0.15) is 5.60 Å². The minimum Gasteiger partial charge on any atom is -0.366 e. The molecule has 0 aliphatic carbocycles. The predicted octanol–water partition coefficient (Wildman–Crippen LogP) is 4.70. The lowest BCUT2D eigenvalue weighted by atomic mass is 9.83. The van der Waals surface area contributed by atoms with Gasteiger partial charge in [0.25, 0.3) is 0 Å². The van der Waals surface area contributed by atoms with Crippen LogP contribution in [0.5, 0.6) is 0 Å². The summed E-state index contributed by atoms with van der Waals surface area (Å²) < 4.78 is 6.31. The Balaban J connectivity index is 2.33. The molecule has 0 saturated heterocycles. The molecule has 2 rings (SSSR count). The van der Waals surface area contributed by atoms with E-state index in [1.54, 1.807) is 0 Å². The summed E-state index contributed by atoms with van der Waals surface area (Å²) in [4.78, 5) is 0. The summed E-state index contributed by atoms with van der Waals surface area (Å²) in [5.41, 5.74) is 1.87. The molecule has 0 fully saturated rings. The maximum atomic E-state index is 6.31. The third-order valence-electron chi connectivity index (χ3n) is 3.84. The fourth-order valence-corrected chi connectivity index (χ4v) is 2.94. The van der Waals surface area contributed by atoms with Crippen molar-refractivity contribution in [3.8, 4) is 0 Å². The van der Waals surface area contributed by atoms with Crippen molar-refractivity contribution in [2.45, 2.75) is 18.9 Å². The zero-order valence-electron chi connectivity index (χ0n) is 13.6. The summed E-state index contributed by atoms with van der Waals surface area (Å²) in [6, 6.07) is 20.8. The van der Waals surface area contributed by atoms with Gasteiger partial charge in [-0.15, -0.1) is 0 Å². The normalized spacial score (nSPS) is 11.4. The third-order valence-corrected chi connectivity index (χ3v) is 3.98. The molecule has 0 spiro atoms. The van der Waals surface area contributed by atoms with Gasteiger partial charge in [0.15, 0.2) is 0 Å². The van der Waals surface area contributed by atoms with Crippen molar-refractivity contribution < 1.29 is 4.74 Å². The van der Waals surface area contributed by atoms with Crippen LogP contribution >= 0.6 is 11.6 Å². The largest absolute Gasteiger partial charge is 0.366 e. The maximum absolute atomic E-state index is 6.31. The van der Waals surface area contributed by atoms with Crippen molar-refractivity contribution in [2.75, 3.05) is 19.7 Å². The molecule has 2 aromatic rings. The number of hydrogen-bond acceptors (Lipinski definition) is 2. The molecule has 0 radical (unpaired) electrons. The van der Waals surface area contributed by atoms with Gasteiger partial charge in [-0.25, -0.2) is 0 Å². The number of halogens is 1. The molecule has 2 aromatic carbocycles. The Bertz CT molecular complexity index is 558. The van der Waals surface area contributed by atoms with Gasteiger partial charge in [-0.2, -0.15) is 0 Å². The van der Waals surface area contributed by atoms with Crippen LogP contribution in [-0.4, -0.2) is 19.7 Å². The first kappa shape index (κ1) is 17.7. The van der Waals surface area contributed by atoms with Crippen molar-refractivity contribution >= 4 is 11.6 Å². The molecule has 1 N–H and O–H groups in total. The number of rotatable bonds is 9. The van der Waals surface area contributed by atoms with Crippen LogP contribution < -0.4 is 5.32 Å². The third kappa shape index (κ3) is 4.68. The molecule has 2 nitrogen and oxygen atoms in total. The molecule has 0 bridgehead atoms. The van der Waals surface area contributed by atoms with Crippen molar-refractivity contribution in [3.63, 3.8) is 0 Å². The first-order valence-corrected chi connectivity index (χ1v) is 8.36. The zero-order chi connectivity index (χ0) is 16.5. The Morgan fingerprint density at radius 1 is 1.04 bits per heavy atom. The Morgan fingerprint density at radius 3 is 2.00 bits per heavy atom. The second kappa shape index (κ2) is 8.88.